The van der Waals surface area contributed by atoms with Crippen LogP contribution in [0.3, 0.4) is 0 Å². The molecule has 4 rings (SSSR count). The molecule has 3 heterocycles. The Morgan fingerprint density at radius 3 is 2.38 bits per heavy atom. The van der Waals surface area contributed by atoms with Crippen molar-refractivity contribution in [2.45, 2.75) is 45.9 Å². The standard InChI is InChI=1S/C25H33N7O5/c1-16-13-30(24(36)37-25(2,3)4)11-12-32(16)18-9-7-17(8-10-18)27-19(33)14-31-15-26-21-20(31)22(34)29(6)23(35)28(21)5/h7-10,15-16H,11-14H2,1-6H3,(H,27,33). The van der Waals surface area contributed by atoms with Gasteiger partial charge in [-0.15, -0.1) is 0 Å². The fourth-order valence-corrected chi connectivity index (χ4v) is 4.44. The molecule has 1 unspecified atom stereocenters. The SMILES string of the molecule is CC1CN(C(=O)OC(C)(C)C)CCN1c1ccc(NC(=O)Cn2cnc3c2c(=O)n(C)c(=O)n3C)cc1. The molecule has 1 atom stereocenters. The molecule has 1 N–H and O–H groups in total. The monoisotopic (exact) mass is 511 g/mol. The van der Waals surface area contributed by atoms with E-state index in [1.54, 1.807) is 4.90 Å². The van der Waals surface area contributed by atoms with Crippen LogP contribution in [0.25, 0.3) is 11.2 Å². The number of rotatable bonds is 4. The average molecular weight is 512 g/mol. The lowest BCUT2D eigenvalue weighted by atomic mass is 10.1. The van der Waals surface area contributed by atoms with E-state index in [0.717, 1.165) is 10.3 Å². The molecule has 37 heavy (non-hydrogen) atoms. The summed E-state index contributed by atoms with van der Waals surface area (Å²) in [7, 11) is 2.92. The number of nitrogens with zero attached hydrogens (tertiary/aromatic N) is 6. The summed E-state index contributed by atoms with van der Waals surface area (Å²) in [6.07, 6.45) is 1.08. The molecule has 0 saturated carbocycles. The first kappa shape index (κ1) is 26.0. The summed E-state index contributed by atoms with van der Waals surface area (Å²) in [6, 6.07) is 7.57. The third-order valence-corrected chi connectivity index (χ3v) is 6.29. The highest BCUT2D eigenvalue weighted by Gasteiger charge is 2.30. The molecule has 0 spiro atoms. The predicted molar refractivity (Wildman–Crippen MR) is 140 cm³/mol. The number of hydrogen-bond acceptors (Lipinski definition) is 7. The zero-order valence-electron chi connectivity index (χ0n) is 22.0. The molecule has 12 nitrogen and oxygen atoms in total. The quantitative estimate of drug-likeness (QED) is 0.563. The number of ether oxygens (including phenoxy) is 1. The zero-order valence-corrected chi connectivity index (χ0v) is 22.0. The lowest BCUT2D eigenvalue weighted by molar-refractivity contribution is -0.116. The Balaban J connectivity index is 1.40. The van der Waals surface area contributed by atoms with Gasteiger partial charge in [-0.05, 0) is 52.0 Å². The van der Waals surface area contributed by atoms with Crippen molar-refractivity contribution in [1.82, 2.24) is 23.6 Å². The maximum absolute atomic E-state index is 12.7. The molecule has 2 aromatic heterocycles. The summed E-state index contributed by atoms with van der Waals surface area (Å²) in [6.45, 7) is 9.26. The van der Waals surface area contributed by atoms with Crippen LogP contribution in [0.1, 0.15) is 27.7 Å². The van der Waals surface area contributed by atoms with Crippen molar-refractivity contribution < 1.29 is 14.3 Å². The van der Waals surface area contributed by atoms with E-state index in [1.165, 1.54) is 29.6 Å². The number of nitrogens with one attached hydrogen (secondary N) is 1. The number of aromatic nitrogens is 4. The Morgan fingerprint density at radius 1 is 1.08 bits per heavy atom. The molecule has 1 fully saturated rings. The van der Waals surface area contributed by atoms with Crippen LogP contribution in [-0.4, -0.2) is 66.9 Å². The highest BCUT2D eigenvalue weighted by atomic mass is 16.6. The maximum Gasteiger partial charge on any atom is 0.410 e. The minimum absolute atomic E-state index is 0.0924. The predicted octanol–water partition coefficient (Wildman–Crippen LogP) is 1.52. The van der Waals surface area contributed by atoms with Crippen molar-refractivity contribution >= 4 is 34.5 Å². The Labute approximate surface area is 214 Å². The van der Waals surface area contributed by atoms with Gasteiger partial charge in [0.15, 0.2) is 11.2 Å². The Bertz CT molecular complexity index is 1450. The molecule has 0 radical (unpaired) electrons. The Morgan fingerprint density at radius 2 is 1.76 bits per heavy atom. The van der Waals surface area contributed by atoms with E-state index in [1.807, 2.05) is 45.0 Å². The zero-order chi connectivity index (χ0) is 27.1. The van der Waals surface area contributed by atoms with Crippen LogP contribution in [-0.2, 0) is 30.2 Å². The van der Waals surface area contributed by atoms with Crippen LogP contribution in [0, 0.1) is 0 Å². The van der Waals surface area contributed by atoms with Crippen molar-refractivity contribution in [2.24, 2.45) is 14.1 Å². The number of aryl methyl sites for hydroxylation is 1. The fourth-order valence-electron chi connectivity index (χ4n) is 4.44. The second-order valence-corrected chi connectivity index (χ2v) is 10.3. The van der Waals surface area contributed by atoms with Gasteiger partial charge in [-0.3, -0.25) is 18.7 Å². The second-order valence-electron chi connectivity index (χ2n) is 10.3. The van der Waals surface area contributed by atoms with E-state index in [0.29, 0.717) is 25.3 Å². The first-order valence-electron chi connectivity index (χ1n) is 12.1. The minimum Gasteiger partial charge on any atom is -0.444 e. The number of benzene rings is 1. The van der Waals surface area contributed by atoms with Crippen molar-refractivity contribution in [3.63, 3.8) is 0 Å². The van der Waals surface area contributed by atoms with Gasteiger partial charge in [-0.25, -0.2) is 14.6 Å². The van der Waals surface area contributed by atoms with Gasteiger partial charge < -0.3 is 24.4 Å². The lowest BCUT2D eigenvalue weighted by Gasteiger charge is -2.41. The number of fused-ring (bicyclic) bond motifs is 1. The van der Waals surface area contributed by atoms with Crippen molar-refractivity contribution in [3.8, 4) is 0 Å². The molecule has 1 aliphatic heterocycles. The summed E-state index contributed by atoms with van der Waals surface area (Å²) < 4.78 is 9.20. The van der Waals surface area contributed by atoms with Gasteiger partial charge in [0.2, 0.25) is 5.91 Å². The lowest BCUT2D eigenvalue weighted by Crippen LogP contribution is -2.54. The van der Waals surface area contributed by atoms with Gasteiger partial charge in [0.1, 0.15) is 12.1 Å². The van der Waals surface area contributed by atoms with Crippen LogP contribution in [0.5, 0.6) is 0 Å². The molecule has 1 saturated heterocycles. The van der Waals surface area contributed by atoms with E-state index in [9.17, 15) is 19.2 Å². The molecular formula is C25H33N7O5. The summed E-state index contributed by atoms with van der Waals surface area (Å²) in [5.41, 5.74) is 0.496. The average Bonchev–Trinajstić information content (AvgIpc) is 3.24. The van der Waals surface area contributed by atoms with Gasteiger partial charge >= 0.3 is 11.8 Å². The summed E-state index contributed by atoms with van der Waals surface area (Å²) >= 11 is 0. The van der Waals surface area contributed by atoms with Crippen molar-refractivity contribution in [2.75, 3.05) is 29.9 Å². The van der Waals surface area contributed by atoms with Crippen molar-refractivity contribution in [1.29, 1.82) is 0 Å². The Hall–Kier alpha value is -4.09. The minimum atomic E-state index is -0.532. The van der Waals surface area contributed by atoms with Gasteiger partial charge in [-0.2, -0.15) is 0 Å². The molecular weight excluding hydrogens is 478 g/mol. The van der Waals surface area contributed by atoms with Crippen LogP contribution < -0.4 is 21.5 Å². The fraction of sp³-hybridized carbons (Fsp3) is 0.480. The van der Waals surface area contributed by atoms with Crippen LogP contribution >= 0.6 is 0 Å². The number of carbonyl (C=O) groups is 2. The largest absolute Gasteiger partial charge is 0.444 e. The van der Waals surface area contributed by atoms with E-state index in [4.69, 9.17) is 4.74 Å². The molecule has 12 heteroatoms. The number of hydrogen-bond donors (Lipinski definition) is 1. The summed E-state index contributed by atoms with van der Waals surface area (Å²) in [5.74, 6) is -0.331. The number of anilines is 2. The van der Waals surface area contributed by atoms with Gasteiger partial charge in [0.05, 0.1) is 6.33 Å². The third-order valence-electron chi connectivity index (χ3n) is 6.29. The highest BCUT2D eigenvalue weighted by molar-refractivity contribution is 5.91. The molecule has 0 bridgehead atoms. The Kier molecular flexibility index (Phi) is 6.85. The van der Waals surface area contributed by atoms with Crippen molar-refractivity contribution in [3.05, 3.63) is 51.4 Å². The number of carbonyl (C=O) groups excluding carboxylic acids is 2. The second kappa shape index (κ2) is 9.75. The molecule has 1 aromatic carbocycles. The van der Waals surface area contributed by atoms with Gasteiger partial charge in [0, 0.05) is 51.1 Å². The highest BCUT2D eigenvalue weighted by Crippen LogP contribution is 2.24. The molecule has 198 valence electrons. The maximum atomic E-state index is 12.7. The van der Waals surface area contributed by atoms with Crippen LogP contribution in [0.4, 0.5) is 16.2 Å². The molecule has 3 aromatic rings. The number of piperazine rings is 1. The number of amides is 2. The normalized spacial score (nSPS) is 16.2. The van der Waals surface area contributed by atoms with E-state index >= 15 is 0 Å². The first-order valence-corrected chi connectivity index (χ1v) is 12.1. The molecule has 1 aliphatic rings. The third kappa shape index (κ3) is 5.37. The summed E-state index contributed by atoms with van der Waals surface area (Å²) in [5, 5.41) is 2.84. The van der Waals surface area contributed by atoms with Gasteiger partial charge in [0.25, 0.3) is 5.56 Å². The van der Waals surface area contributed by atoms with Crippen LogP contribution in [0.2, 0.25) is 0 Å². The van der Waals surface area contributed by atoms with Gasteiger partial charge in [-0.1, -0.05) is 0 Å². The topological polar surface area (TPSA) is 124 Å². The van der Waals surface area contributed by atoms with E-state index in [-0.39, 0.29) is 35.8 Å². The molecule has 0 aliphatic carbocycles. The first-order chi connectivity index (χ1) is 17.4. The van der Waals surface area contributed by atoms with E-state index < -0.39 is 16.9 Å². The molecule has 2 amide bonds. The van der Waals surface area contributed by atoms with E-state index in [2.05, 4.69) is 22.1 Å². The number of imidazole rings is 1. The smallest absolute Gasteiger partial charge is 0.410 e. The van der Waals surface area contributed by atoms with Crippen LogP contribution in [0.15, 0.2) is 40.2 Å². The summed E-state index contributed by atoms with van der Waals surface area (Å²) in [4.78, 5) is 57.9.